The van der Waals surface area contributed by atoms with Gasteiger partial charge in [0.25, 0.3) is 0 Å². The summed E-state index contributed by atoms with van der Waals surface area (Å²) in [5, 5.41) is 0. The maximum atomic E-state index is 14.4. The highest BCUT2D eigenvalue weighted by molar-refractivity contribution is 5.85. The fourth-order valence-electron chi connectivity index (χ4n) is 3.62. The van der Waals surface area contributed by atoms with Crippen LogP contribution in [0.3, 0.4) is 0 Å². The highest BCUT2D eigenvalue weighted by Crippen LogP contribution is 2.30. The van der Waals surface area contributed by atoms with Gasteiger partial charge in [0.05, 0.1) is 11.4 Å². The molecule has 0 fully saturated rings. The van der Waals surface area contributed by atoms with Gasteiger partial charge >= 0.3 is 0 Å². The SMILES string of the molecule is C/C=C(\C=C(/C)c1cc(-c2ccccc2)nc(-c2ccccc2)c1)c1cc(F)ccc1F. The number of pyridine rings is 1. The summed E-state index contributed by atoms with van der Waals surface area (Å²) < 4.78 is 28.1. The Bertz CT molecular complexity index is 1230. The average molecular weight is 424 g/mol. The summed E-state index contributed by atoms with van der Waals surface area (Å²) in [6.07, 6.45) is 3.68. The third-order valence-corrected chi connectivity index (χ3v) is 5.34. The number of nitrogens with zero attached hydrogens (tertiary/aromatic N) is 1. The predicted molar refractivity (Wildman–Crippen MR) is 129 cm³/mol. The first kappa shape index (κ1) is 21.4. The minimum atomic E-state index is -0.464. The average Bonchev–Trinajstić information content (AvgIpc) is 2.85. The van der Waals surface area contributed by atoms with Crippen LogP contribution in [-0.4, -0.2) is 4.98 Å². The van der Waals surface area contributed by atoms with E-state index >= 15 is 0 Å². The van der Waals surface area contributed by atoms with Crippen molar-refractivity contribution < 1.29 is 8.78 Å². The minimum absolute atomic E-state index is 0.243. The van der Waals surface area contributed by atoms with Gasteiger partial charge < -0.3 is 0 Å². The Balaban J connectivity index is 1.83. The number of halogens is 2. The molecule has 0 spiro atoms. The first-order valence-corrected chi connectivity index (χ1v) is 10.5. The van der Waals surface area contributed by atoms with Crippen LogP contribution in [0.4, 0.5) is 8.78 Å². The van der Waals surface area contributed by atoms with Crippen molar-refractivity contribution >= 4 is 11.1 Å². The van der Waals surface area contributed by atoms with Crippen LogP contribution in [0, 0.1) is 11.6 Å². The second kappa shape index (κ2) is 9.52. The van der Waals surface area contributed by atoms with Gasteiger partial charge in [0.2, 0.25) is 0 Å². The molecular weight excluding hydrogens is 400 g/mol. The molecule has 1 aromatic heterocycles. The normalized spacial score (nSPS) is 12.1. The number of hydrogen-bond donors (Lipinski definition) is 0. The number of benzene rings is 3. The lowest BCUT2D eigenvalue weighted by Gasteiger charge is -2.12. The van der Waals surface area contributed by atoms with Gasteiger partial charge in [-0.25, -0.2) is 13.8 Å². The van der Waals surface area contributed by atoms with Gasteiger partial charge in [-0.1, -0.05) is 72.8 Å². The summed E-state index contributed by atoms with van der Waals surface area (Å²) in [6.45, 7) is 3.79. The van der Waals surface area contributed by atoms with Crippen molar-refractivity contribution in [1.82, 2.24) is 4.98 Å². The molecule has 0 unspecified atom stereocenters. The van der Waals surface area contributed by atoms with E-state index < -0.39 is 11.6 Å². The molecule has 0 bridgehead atoms. The Morgan fingerprint density at radius 3 is 1.84 bits per heavy atom. The second-order valence-corrected chi connectivity index (χ2v) is 7.55. The largest absolute Gasteiger partial charge is 0.248 e. The molecule has 0 aliphatic rings. The summed E-state index contributed by atoms with van der Waals surface area (Å²) in [5.41, 5.74) is 6.50. The summed E-state index contributed by atoms with van der Waals surface area (Å²) in [7, 11) is 0. The quantitative estimate of drug-likeness (QED) is 0.295. The van der Waals surface area contributed by atoms with Crippen LogP contribution in [0.5, 0.6) is 0 Å². The van der Waals surface area contributed by atoms with Gasteiger partial charge in [-0.3, -0.25) is 0 Å². The lowest BCUT2D eigenvalue weighted by molar-refractivity contribution is 0.597. The summed E-state index contributed by atoms with van der Waals surface area (Å²) in [5.74, 6) is -0.915. The molecule has 1 nitrogen and oxygen atoms in total. The maximum absolute atomic E-state index is 14.4. The van der Waals surface area contributed by atoms with Crippen LogP contribution in [0.2, 0.25) is 0 Å². The molecule has 0 radical (unpaired) electrons. The molecule has 0 saturated carbocycles. The Hall–Kier alpha value is -3.85. The van der Waals surface area contributed by atoms with E-state index in [1.165, 1.54) is 6.07 Å². The van der Waals surface area contributed by atoms with Gasteiger partial charge in [-0.2, -0.15) is 0 Å². The van der Waals surface area contributed by atoms with E-state index in [0.717, 1.165) is 45.8 Å². The zero-order valence-corrected chi connectivity index (χ0v) is 18.0. The Labute approximate surface area is 187 Å². The first-order chi connectivity index (χ1) is 15.5. The van der Waals surface area contributed by atoms with Gasteiger partial charge in [-0.05, 0) is 60.9 Å². The molecule has 4 aromatic rings. The van der Waals surface area contributed by atoms with Gasteiger partial charge in [0.15, 0.2) is 0 Å². The summed E-state index contributed by atoms with van der Waals surface area (Å²) in [6, 6.07) is 27.6. The van der Waals surface area contributed by atoms with E-state index in [1.54, 1.807) is 6.08 Å². The second-order valence-electron chi connectivity index (χ2n) is 7.55. The van der Waals surface area contributed by atoms with E-state index in [-0.39, 0.29) is 5.56 Å². The number of rotatable bonds is 5. The van der Waals surface area contributed by atoms with Gasteiger partial charge in [0, 0.05) is 16.7 Å². The predicted octanol–water partition coefficient (Wildman–Crippen LogP) is 8.20. The van der Waals surface area contributed by atoms with Crippen LogP contribution in [0.15, 0.2) is 103 Å². The van der Waals surface area contributed by atoms with Crippen LogP contribution in [0.1, 0.15) is 25.0 Å². The van der Waals surface area contributed by atoms with Crippen LogP contribution >= 0.6 is 0 Å². The zero-order valence-electron chi connectivity index (χ0n) is 18.0. The Morgan fingerprint density at radius 1 is 0.750 bits per heavy atom. The summed E-state index contributed by atoms with van der Waals surface area (Å²) in [4.78, 5) is 4.89. The zero-order chi connectivity index (χ0) is 22.5. The number of aromatic nitrogens is 1. The van der Waals surface area contributed by atoms with E-state index in [1.807, 2.05) is 92.7 Å². The molecule has 0 amide bonds. The van der Waals surface area contributed by atoms with Crippen molar-refractivity contribution in [3.8, 4) is 22.5 Å². The third-order valence-electron chi connectivity index (χ3n) is 5.34. The molecule has 3 heteroatoms. The fourth-order valence-corrected chi connectivity index (χ4v) is 3.62. The fraction of sp³-hybridized carbons (Fsp3) is 0.0690. The number of hydrogen-bond acceptors (Lipinski definition) is 1. The van der Waals surface area contributed by atoms with Gasteiger partial charge in [0.1, 0.15) is 11.6 Å². The lowest BCUT2D eigenvalue weighted by atomic mass is 9.97. The molecule has 32 heavy (non-hydrogen) atoms. The third kappa shape index (κ3) is 4.73. The van der Waals surface area contributed by atoms with Gasteiger partial charge in [-0.15, -0.1) is 0 Å². The monoisotopic (exact) mass is 423 g/mol. The maximum Gasteiger partial charge on any atom is 0.131 e. The molecular formula is C29H23F2N. The highest BCUT2D eigenvalue weighted by Gasteiger charge is 2.11. The molecule has 4 rings (SSSR count). The minimum Gasteiger partial charge on any atom is -0.248 e. The molecule has 1 heterocycles. The standard InChI is InChI=1S/C29H23F2N/c1-3-21(26-19-25(30)14-15-27(26)31)16-20(2)24-17-28(22-10-6-4-7-11-22)32-29(18-24)23-12-8-5-9-13-23/h3-19H,1-2H3/b20-16+,21-3+. The Morgan fingerprint density at radius 2 is 1.31 bits per heavy atom. The summed E-state index contributed by atoms with van der Waals surface area (Å²) >= 11 is 0. The molecule has 0 aliphatic carbocycles. The van der Waals surface area contributed by atoms with E-state index in [9.17, 15) is 8.78 Å². The van der Waals surface area contributed by atoms with E-state index in [0.29, 0.717) is 5.57 Å². The van der Waals surface area contributed by atoms with Crippen molar-refractivity contribution in [1.29, 1.82) is 0 Å². The van der Waals surface area contributed by atoms with Crippen molar-refractivity contribution in [2.75, 3.05) is 0 Å². The van der Waals surface area contributed by atoms with Crippen molar-refractivity contribution in [2.45, 2.75) is 13.8 Å². The van der Waals surface area contributed by atoms with Crippen molar-refractivity contribution in [3.63, 3.8) is 0 Å². The van der Waals surface area contributed by atoms with Crippen LogP contribution < -0.4 is 0 Å². The molecule has 0 atom stereocenters. The first-order valence-electron chi connectivity index (χ1n) is 10.5. The molecule has 3 aromatic carbocycles. The van der Waals surface area contributed by atoms with Crippen molar-refractivity contribution in [3.05, 3.63) is 126 Å². The van der Waals surface area contributed by atoms with E-state index in [4.69, 9.17) is 4.98 Å². The number of allylic oxidation sites excluding steroid dienone is 4. The van der Waals surface area contributed by atoms with Crippen molar-refractivity contribution in [2.24, 2.45) is 0 Å². The Kier molecular flexibility index (Phi) is 6.37. The van der Waals surface area contributed by atoms with Crippen LogP contribution in [0.25, 0.3) is 33.7 Å². The smallest absolute Gasteiger partial charge is 0.131 e. The molecule has 0 aliphatic heterocycles. The topological polar surface area (TPSA) is 12.9 Å². The molecule has 0 N–H and O–H groups in total. The lowest BCUT2D eigenvalue weighted by Crippen LogP contribution is -1.94. The van der Waals surface area contributed by atoms with E-state index in [2.05, 4.69) is 0 Å². The van der Waals surface area contributed by atoms with Crippen LogP contribution in [-0.2, 0) is 0 Å². The molecule has 0 saturated heterocycles. The highest BCUT2D eigenvalue weighted by atomic mass is 19.1. The molecule has 158 valence electrons.